The van der Waals surface area contributed by atoms with Crippen LogP contribution in [-0.4, -0.2) is 15.0 Å². The van der Waals surface area contributed by atoms with Crippen molar-refractivity contribution in [2.75, 3.05) is 0 Å². The molecule has 320 valence electrons. The van der Waals surface area contributed by atoms with Crippen molar-refractivity contribution in [2.24, 2.45) is 0 Å². The summed E-state index contributed by atoms with van der Waals surface area (Å²) in [5.74, 6) is 0.464. The van der Waals surface area contributed by atoms with Gasteiger partial charge in [-0.25, -0.2) is 0 Å². The van der Waals surface area contributed by atoms with Crippen molar-refractivity contribution in [1.82, 2.24) is 15.0 Å². The van der Waals surface area contributed by atoms with Crippen LogP contribution in [0.1, 0.15) is 109 Å². The molecule has 3 aromatic heterocycles. The predicted molar refractivity (Wildman–Crippen MR) is 268 cm³/mol. The minimum atomic E-state index is -2.50. The molecule has 8 aromatic rings. The highest BCUT2D eigenvalue weighted by Gasteiger charge is 2.26. The monoisotopic (exact) mass is 840 g/mol. The number of pyridine rings is 3. The van der Waals surface area contributed by atoms with E-state index in [9.17, 15) is 5.48 Å². The lowest BCUT2D eigenvalue weighted by atomic mass is 9.77. The molecule has 0 unspecified atom stereocenters. The van der Waals surface area contributed by atoms with Gasteiger partial charge in [0.15, 0.2) is 0 Å². The van der Waals surface area contributed by atoms with Gasteiger partial charge in [-0.2, -0.15) is 0 Å². The van der Waals surface area contributed by atoms with E-state index >= 15 is 0 Å². The van der Waals surface area contributed by atoms with E-state index < -0.39 is 12.7 Å². The van der Waals surface area contributed by atoms with Crippen molar-refractivity contribution >= 4 is 0 Å². The summed E-state index contributed by atoms with van der Waals surface area (Å²) in [4.78, 5) is 14.6. The van der Waals surface area contributed by atoms with Gasteiger partial charge in [-0.05, 0) is 130 Å². The number of benzene rings is 5. The smallest absolute Gasteiger partial charge is 0.0708 e. The quantitative estimate of drug-likeness (QED) is 0.109. The molecule has 0 bridgehead atoms. The van der Waals surface area contributed by atoms with Crippen LogP contribution in [0.4, 0.5) is 0 Å². The molecule has 0 atom stereocenters. The first-order valence-corrected chi connectivity index (χ1v) is 22.9. The van der Waals surface area contributed by atoms with Crippen LogP contribution >= 0.6 is 0 Å². The molecule has 3 heteroatoms. The molecule has 64 heavy (non-hydrogen) atoms. The Morgan fingerprint density at radius 3 is 1.56 bits per heavy atom. The van der Waals surface area contributed by atoms with E-state index in [0.717, 1.165) is 68.7 Å². The van der Waals surface area contributed by atoms with Crippen molar-refractivity contribution in [3.8, 4) is 44.9 Å². The van der Waals surface area contributed by atoms with Crippen LogP contribution in [0.3, 0.4) is 0 Å². The molecule has 0 spiro atoms. The molecule has 0 saturated heterocycles. The zero-order valence-electron chi connectivity index (χ0n) is 41.9. The van der Waals surface area contributed by atoms with Gasteiger partial charge in [-0.1, -0.05) is 186 Å². The molecule has 1 saturated carbocycles. The first-order valence-electron chi connectivity index (χ1n) is 24.9. The lowest BCUT2D eigenvalue weighted by Gasteiger charge is -2.28. The van der Waals surface area contributed by atoms with Crippen LogP contribution in [-0.2, 0) is 36.4 Å². The third kappa shape index (κ3) is 10.0. The van der Waals surface area contributed by atoms with Crippen molar-refractivity contribution in [2.45, 2.75) is 103 Å². The Bertz CT molecular complexity index is 2990. The van der Waals surface area contributed by atoms with Gasteiger partial charge in [0, 0.05) is 40.8 Å². The summed E-state index contributed by atoms with van der Waals surface area (Å²) in [7, 11) is 0. The van der Waals surface area contributed by atoms with E-state index in [-0.39, 0.29) is 16.4 Å². The van der Waals surface area contributed by atoms with Gasteiger partial charge in [-0.15, -0.1) is 0 Å². The Morgan fingerprint density at radius 2 is 1.00 bits per heavy atom. The highest BCUT2D eigenvalue weighted by molar-refractivity contribution is 5.74. The van der Waals surface area contributed by atoms with Crippen LogP contribution in [0, 0.1) is 6.92 Å². The molecule has 0 aliphatic heterocycles. The number of nitrogens with zero attached hydrogens (tertiary/aromatic N) is 3. The maximum atomic E-state index is 10.0. The molecular weight excluding hydrogens is 775 g/mol. The van der Waals surface area contributed by atoms with Gasteiger partial charge >= 0.3 is 0 Å². The fourth-order valence-corrected chi connectivity index (χ4v) is 9.45. The maximum Gasteiger partial charge on any atom is 0.0708 e. The first kappa shape index (κ1) is 38.0. The minimum absolute atomic E-state index is 0.225. The van der Waals surface area contributed by atoms with E-state index in [2.05, 4.69) is 120 Å². The highest BCUT2D eigenvalue weighted by atomic mass is 14.7. The van der Waals surface area contributed by atoms with Gasteiger partial charge in [0.1, 0.15) is 0 Å². The van der Waals surface area contributed by atoms with E-state index in [4.69, 9.17) is 15.0 Å². The lowest BCUT2D eigenvalue weighted by Crippen LogP contribution is -2.23. The Balaban J connectivity index is 1.12. The molecule has 0 amide bonds. The van der Waals surface area contributed by atoms with E-state index in [0.29, 0.717) is 35.6 Å². The molecule has 1 fully saturated rings. The Morgan fingerprint density at radius 1 is 0.484 bits per heavy atom. The number of hydrogen-bond donors (Lipinski definition) is 0. The molecule has 1 aliphatic rings. The average molecular weight is 840 g/mol. The Kier molecular flexibility index (Phi) is 11.1. The second kappa shape index (κ2) is 18.7. The summed E-state index contributed by atoms with van der Waals surface area (Å²) < 4.78 is 40.0. The third-order valence-corrected chi connectivity index (χ3v) is 13.2. The van der Waals surface area contributed by atoms with Crippen molar-refractivity contribution in [1.29, 1.82) is 0 Å². The lowest BCUT2D eigenvalue weighted by molar-refractivity contribution is 0.512. The predicted octanol–water partition coefficient (Wildman–Crippen LogP) is 15.3. The standard InChI is InChI=1S/C61H61N3/c1-43-23-26-50(27-24-43)58-32-30-55(42-64-58)61(4,5)39-46-34-44(33-45(35-46)38-60(2,3)54-29-31-57(63-41-54)48-17-8-6-9-18-48)25-28-53-40-62-59(49-19-10-7-11-20-49)37-56(53)52-22-14-21-51(36-52)47-15-12-13-16-47/h6-11,14,17-24,26-27,29-37,40-42,47H,12-13,15-16,25,28,38-39H2,1-5H3/i25D2,28D2. The first-order chi connectivity index (χ1) is 32.6. The average Bonchev–Trinajstić information content (AvgIpc) is 3.90. The number of aromatic nitrogens is 3. The van der Waals surface area contributed by atoms with Gasteiger partial charge in [0.05, 0.1) is 17.1 Å². The number of aryl methyl sites for hydroxylation is 3. The van der Waals surface area contributed by atoms with Crippen LogP contribution in [0.15, 0.2) is 176 Å². The minimum Gasteiger partial charge on any atom is -0.256 e. The molecule has 0 radical (unpaired) electrons. The zero-order chi connectivity index (χ0) is 47.7. The van der Waals surface area contributed by atoms with Gasteiger partial charge in [0.2, 0.25) is 0 Å². The zero-order valence-corrected chi connectivity index (χ0v) is 37.9. The SMILES string of the molecule is [2H]C([2H])(c1cc(CC(C)(C)c2ccc(-c3ccccc3)nc2)cc(CC(C)(C)c2ccc(-c3ccc(C)cc3)nc2)c1)C([2H])([2H])c1cnc(-c2ccccc2)cc1-c1cccc(C2CCCC2)c1. The summed E-state index contributed by atoms with van der Waals surface area (Å²) in [5, 5.41) is 0. The van der Waals surface area contributed by atoms with Crippen LogP contribution in [0.2, 0.25) is 0 Å². The topological polar surface area (TPSA) is 38.7 Å². The van der Waals surface area contributed by atoms with Crippen molar-refractivity contribution in [3.63, 3.8) is 0 Å². The van der Waals surface area contributed by atoms with Crippen LogP contribution < -0.4 is 0 Å². The molecule has 3 heterocycles. The molecular formula is C61H61N3. The summed E-state index contributed by atoms with van der Waals surface area (Å²) in [6.45, 7) is 10.9. The molecule has 0 N–H and O–H groups in total. The van der Waals surface area contributed by atoms with E-state index in [1.54, 1.807) is 6.20 Å². The normalized spacial score (nSPS) is 14.7. The highest BCUT2D eigenvalue weighted by Crippen LogP contribution is 2.38. The maximum absolute atomic E-state index is 10.0. The molecule has 3 nitrogen and oxygen atoms in total. The van der Waals surface area contributed by atoms with Crippen LogP contribution in [0.5, 0.6) is 0 Å². The number of rotatable bonds is 14. The van der Waals surface area contributed by atoms with Crippen molar-refractivity contribution in [3.05, 3.63) is 221 Å². The molecule has 5 aromatic carbocycles. The van der Waals surface area contributed by atoms with Crippen molar-refractivity contribution < 1.29 is 5.48 Å². The third-order valence-electron chi connectivity index (χ3n) is 13.2. The fourth-order valence-electron chi connectivity index (χ4n) is 9.45. The number of hydrogen-bond acceptors (Lipinski definition) is 3. The molecule has 1 aliphatic carbocycles. The van der Waals surface area contributed by atoms with Gasteiger partial charge in [0.25, 0.3) is 0 Å². The Labute approximate surface area is 387 Å². The van der Waals surface area contributed by atoms with E-state index in [1.807, 2.05) is 85.2 Å². The largest absolute Gasteiger partial charge is 0.256 e. The van der Waals surface area contributed by atoms with Crippen LogP contribution in [0.25, 0.3) is 44.9 Å². The van der Waals surface area contributed by atoms with Gasteiger partial charge in [-0.3, -0.25) is 15.0 Å². The summed E-state index contributed by atoms with van der Waals surface area (Å²) in [6, 6.07) is 53.4. The summed E-state index contributed by atoms with van der Waals surface area (Å²) in [6.07, 6.45) is 6.38. The molecule has 9 rings (SSSR count). The second-order valence-electron chi connectivity index (χ2n) is 19.1. The fraction of sp³-hybridized carbons (Fsp3) is 0.262. The van der Waals surface area contributed by atoms with Gasteiger partial charge < -0.3 is 0 Å². The summed E-state index contributed by atoms with van der Waals surface area (Å²) in [5.41, 5.74) is 13.3. The second-order valence-corrected chi connectivity index (χ2v) is 19.1. The summed E-state index contributed by atoms with van der Waals surface area (Å²) >= 11 is 0. The van der Waals surface area contributed by atoms with E-state index in [1.165, 1.54) is 24.0 Å². The Hall–Kier alpha value is -6.45.